The number of hydrogen-bond acceptors (Lipinski definition) is 5. The fraction of sp³-hybridized carbons (Fsp3) is 0.429. The fourth-order valence-corrected chi connectivity index (χ4v) is 11.3. The summed E-state index contributed by atoms with van der Waals surface area (Å²) in [6, 6.07) is 20.8. The van der Waals surface area contributed by atoms with Crippen molar-refractivity contribution in [2.75, 3.05) is 27.4 Å². The van der Waals surface area contributed by atoms with Crippen LogP contribution in [0, 0.1) is 0 Å². The standard InChI is InChI=1S/C21H30O5Si2/c1-5-21(25-17-18-16-24-18)28(22-2,23-3)26-27(4,19-12-8-6-9-13-19)20-14-10-7-11-15-20/h6-15,18,21H,5,16-17H2,1-4H3. The second kappa shape index (κ2) is 9.45. The summed E-state index contributed by atoms with van der Waals surface area (Å²) in [5.74, 6) is 0. The van der Waals surface area contributed by atoms with Gasteiger partial charge >= 0.3 is 8.80 Å². The normalized spacial score (nSPS) is 18.1. The van der Waals surface area contributed by atoms with E-state index in [-0.39, 0.29) is 11.8 Å². The summed E-state index contributed by atoms with van der Waals surface area (Å²) in [4.78, 5) is 0. The highest BCUT2D eigenvalue weighted by Gasteiger charge is 2.54. The Balaban J connectivity index is 1.98. The van der Waals surface area contributed by atoms with Crippen molar-refractivity contribution in [3.63, 3.8) is 0 Å². The molecule has 1 aliphatic heterocycles. The highest BCUT2D eigenvalue weighted by atomic mass is 28.5. The molecule has 0 saturated carbocycles. The zero-order chi connectivity index (χ0) is 20.0. The monoisotopic (exact) mass is 418 g/mol. The highest BCUT2D eigenvalue weighted by Crippen LogP contribution is 2.25. The van der Waals surface area contributed by atoms with E-state index in [1.54, 1.807) is 14.2 Å². The summed E-state index contributed by atoms with van der Waals surface area (Å²) in [5, 5.41) is 2.35. The van der Waals surface area contributed by atoms with Crippen LogP contribution in [0.2, 0.25) is 6.55 Å². The van der Waals surface area contributed by atoms with Crippen LogP contribution in [0.15, 0.2) is 60.7 Å². The Bertz CT molecular complexity index is 681. The van der Waals surface area contributed by atoms with Gasteiger partial charge in [0.25, 0.3) is 0 Å². The number of epoxide rings is 1. The van der Waals surface area contributed by atoms with Crippen LogP contribution in [0.5, 0.6) is 0 Å². The Hall–Kier alpha value is -1.33. The summed E-state index contributed by atoms with van der Waals surface area (Å²) in [7, 11) is -2.39. The van der Waals surface area contributed by atoms with E-state index in [2.05, 4.69) is 37.7 Å². The first-order valence-electron chi connectivity index (χ1n) is 9.72. The van der Waals surface area contributed by atoms with Gasteiger partial charge in [-0.05, 0) is 23.3 Å². The maximum Gasteiger partial charge on any atom is 0.520 e. The van der Waals surface area contributed by atoms with Crippen LogP contribution in [-0.2, 0) is 22.4 Å². The van der Waals surface area contributed by atoms with E-state index < -0.39 is 17.1 Å². The lowest BCUT2D eigenvalue weighted by Gasteiger charge is -2.40. The maximum absolute atomic E-state index is 6.97. The van der Waals surface area contributed by atoms with Gasteiger partial charge in [0, 0.05) is 14.2 Å². The summed E-state index contributed by atoms with van der Waals surface area (Å²) < 4.78 is 30.4. The molecule has 1 fully saturated rings. The van der Waals surface area contributed by atoms with Crippen molar-refractivity contribution >= 4 is 27.5 Å². The molecule has 3 rings (SSSR count). The van der Waals surface area contributed by atoms with Crippen molar-refractivity contribution < 1.29 is 22.4 Å². The predicted octanol–water partition coefficient (Wildman–Crippen LogP) is 2.36. The quantitative estimate of drug-likeness (QED) is 0.414. The molecule has 0 radical (unpaired) electrons. The molecule has 1 aliphatic rings. The average Bonchev–Trinajstić information content (AvgIpc) is 3.59. The van der Waals surface area contributed by atoms with Gasteiger partial charge in [-0.1, -0.05) is 67.6 Å². The van der Waals surface area contributed by atoms with Crippen LogP contribution in [0.4, 0.5) is 0 Å². The Labute approximate surface area is 170 Å². The molecular weight excluding hydrogens is 388 g/mol. The molecule has 1 heterocycles. The molecule has 0 bridgehead atoms. The van der Waals surface area contributed by atoms with Crippen molar-refractivity contribution in [2.24, 2.45) is 0 Å². The molecule has 7 heteroatoms. The first kappa shape index (κ1) is 21.4. The molecular formula is C21H30O5Si2. The molecule has 0 N–H and O–H groups in total. The van der Waals surface area contributed by atoms with Gasteiger partial charge in [0.15, 0.2) is 0 Å². The van der Waals surface area contributed by atoms with Crippen LogP contribution in [0.25, 0.3) is 0 Å². The third-order valence-electron chi connectivity index (χ3n) is 5.22. The Morgan fingerprint density at radius 2 is 1.46 bits per heavy atom. The SMILES string of the molecule is CCC(OCC1CO1)[Si](OC)(OC)O[Si](C)(c1ccccc1)c1ccccc1. The molecule has 0 amide bonds. The van der Waals surface area contributed by atoms with E-state index >= 15 is 0 Å². The Kier molecular flexibility index (Phi) is 7.22. The van der Waals surface area contributed by atoms with E-state index in [0.717, 1.165) is 13.0 Å². The largest absolute Gasteiger partial charge is 0.520 e. The Morgan fingerprint density at radius 3 is 1.86 bits per heavy atom. The first-order chi connectivity index (χ1) is 13.6. The molecule has 5 nitrogen and oxygen atoms in total. The number of benzene rings is 2. The molecule has 2 atom stereocenters. The van der Waals surface area contributed by atoms with Crippen LogP contribution >= 0.6 is 0 Å². The molecule has 0 spiro atoms. The van der Waals surface area contributed by atoms with Gasteiger partial charge < -0.3 is 22.4 Å². The molecule has 2 aromatic rings. The van der Waals surface area contributed by atoms with E-state index in [4.69, 9.17) is 22.4 Å². The lowest BCUT2D eigenvalue weighted by molar-refractivity contribution is 0.0192. The Morgan fingerprint density at radius 1 is 0.964 bits per heavy atom. The van der Waals surface area contributed by atoms with Crippen molar-refractivity contribution in [2.45, 2.75) is 31.7 Å². The third-order valence-corrected chi connectivity index (χ3v) is 13.4. The molecule has 1 saturated heterocycles. The number of rotatable bonds is 11. The lowest BCUT2D eigenvalue weighted by atomic mass is 10.4. The van der Waals surface area contributed by atoms with Gasteiger partial charge in [-0.25, -0.2) is 0 Å². The molecule has 152 valence electrons. The van der Waals surface area contributed by atoms with Crippen molar-refractivity contribution in [3.05, 3.63) is 60.7 Å². The topological polar surface area (TPSA) is 49.5 Å². The van der Waals surface area contributed by atoms with Gasteiger partial charge in [-0.3, -0.25) is 0 Å². The smallest absolute Gasteiger partial charge is 0.406 e. The van der Waals surface area contributed by atoms with Gasteiger partial charge in [0.2, 0.25) is 8.32 Å². The summed E-state index contributed by atoms with van der Waals surface area (Å²) in [6.07, 6.45) is 0.927. The molecule has 0 aromatic heterocycles. The van der Waals surface area contributed by atoms with E-state index in [1.807, 2.05) is 36.4 Å². The van der Waals surface area contributed by atoms with E-state index in [0.29, 0.717) is 6.61 Å². The average molecular weight is 419 g/mol. The van der Waals surface area contributed by atoms with Crippen molar-refractivity contribution in [3.8, 4) is 0 Å². The van der Waals surface area contributed by atoms with E-state index in [9.17, 15) is 0 Å². The maximum atomic E-state index is 6.97. The minimum absolute atomic E-state index is 0.182. The number of ether oxygens (including phenoxy) is 2. The molecule has 2 unspecified atom stereocenters. The van der Waals surface area contributed by atoms with Crippen LogP contribution in [-0.4, -0.2) is 56.4 Å². The second-order valence-electron chi connectivity index (χ2n) is 7.06. The van der Waals surface area contributed by atoms with Gasteiger partial charge in [0.05, 0.1) is 13.2 Å². The van der Waals surface area contributed by atoms with Crippen molar-refractivity contribution in [1.29, 1.82) is 0 Å². The van der Waals surface area contributed by atoms with Crippen LogP contribution in [0.1, 0.15) is 13.3 Å². The van der Waals surface area contributed by atoms with E-state index in [1.165, 1.54) is 10.4 Å². The van der Waals surface area contributed by atoms with Gasteiger partial charge in [-0.2, -0.15) is 0 Å². The van der Waals surface area contributed by atoms with Crippen LogP contribution < -0.4 is 10.4 Å². The molecule has 28 heavy (non-hydrogen) atoms. The zero-order valence-electron chi connectivity index (χ0n) is 17.1. The first-order valence-corrected chi connectivity index (χ1v) is 13.9. The fourth-order valence-electron chi connectivity index (χ4n) is 3.43. The molecule has 0 aliphatic carbocycles. The second-order valence-corrected chi connectivity index (χ2v) is 13.8. The van der Waals surface area contributed by atoms with Crippen LogP contribution in [0.3, 0.4) is 0 Å². The number of hydrogen-bond donors (Lipinski definition) is 0. The van der Waals surface area contributed by atoms with Gasteiger partial charge in [-0.15, -0.1) is 0 Å². The lowest BCUT2D eigenvalue weighted by Crippen LogP contribution is -2.69. The minimum atomic E-state index is -3.13. The predicted molar refractivity (Wildman–Crippen MR) is 114 cm³/mol. The zero-order valence-corrected chi connectivity index (χ0v) is 19.1. The van der Waals surface area contributed by atoms with Crippen molar-refractivity contribution in [1.82, 2.24) is 0 Å². The summed E-state index contributed by atoms with van der Waals surface area (Å²) in [6.45, 7) is 5.57. The molecule has 2 aromatic carbocycles. The summed E-state index contributed by atoms with van der Waals surface area (Å²) in [5.41, 5.74) is -0.244. The third kappa shape index (κ3) is 4.63. The highest BCUT2D eigenvalue weighted by molar-refractivity contribution is 7.00. The summed E-state index contributed by atoms with van der Waals surface area (Å²) >= 11 is 0. The van der Waals surface area contributed by atoms with Gasteiger partial charge in [0.1, 0.15) is 11.8 Å². The minimum Gasteiger partial charge on any atom is -0.406 e.